The maximum Gasteiger partial charge on any atom is 0.333 e. The number of carbonyl (C=O) groups is 1. The van der Waals surface area contributed by atoms with Gasteiger partial charge < -0.3 is 14.9 Å². The molecule has 0 amide bonds. The molecule has 0 radical (unpaired) electrons. The number of aliphatic hydroxyl groups is 2. The van der Waals surface area contributed by atoms with Crippen molar-refractivity contribution >= 4 is 27.3 Å². The molecule has 220 valence electrons. The maximum absolute atomic E-state index is 14.4. The SMILES string of the molecule is COc1ccc(F)cc1C(O)(CCO)Cn1c(=O)n(C(C)(C)C(=O)CC(C)C)c(=O)c2c(C)c(-n3nccn3)sc21. The number of fused-ring (bicyclic) bond motifs is 1. The van der Waals surface area contributed by atoms with Gasteiger partial charge >= 0.3 is 5.69 Å². The number of thiophene rings is 1. The fraction of sp³-hybridized carbons (Fsp3) is 0.464. The predicted octanol–water partition coefficient (Wildman–Crippen LogP) is 2.88. The lowest BCUT2D eigenvalue weighted by Crippen LogP contribution is -2.53. The van der Waals surface area contributed by atoms with Crippen LogP contribution < -0.4 is 16.0 Å². The predicted molar refractivity (Wildman–Crippen MR) is 152 cm³/mol. The Bertz CT molecular complexity index is 1710. The van der Waals surface area contributed by atoms with Gasteiger partial charge in [0.1, 0.15) is 32.5 Å². The highest BCUT2D eigenvalue weighted by atomic mass is 32.1. The Balaban J connectivity index is 2.09. The Kier molecular flexibility index (Phi) is 8.35. The van der Waals surface area contributed by atoms with Crippen LogP contribution in [0.15, 0.2) is 40.2 Å². The Hall–Kier alpha value is -3.68. The molecular formula is C28H34FN5O6S. The zero-order valence-electron chi connectivity index (χ0n) is 23.8. The number of ketones is 1. The number of Topliss-reactive ketones (excluding diaryl/α,β-unsaturated/α-hetero) is 1. The van der Waals surface area contributed by atoms with E-state index in [1.807, 2.05) is 13.8 Å². The minimum Gasteiger partial charge on any atom is -0.496 e. The van der Waals surface area contributed by atoms with Gasteiger partial charge in [-0.3, -0.25) is 14.2 Å². The number of aromatic nitrogens is 5. The fourth-order valence-electron chi connectivity index (χ4n) is 5.01. The lowest BCUT2D eigenvalue weighted by molar-refractivity contribution is -0.127. The summed E-state index contributed by atoms with van der Waals surface area (Å²) in [6.07, 6.45) is 2.79. The number of halogens is 1. The third kappa shape index (κ3) is 5.36. The van der Waals surface area contributed by atoms with E-state index in [9.17, 15) is 29.0 Å². The highest BCUT2D eigenvalue weighted by Gasteiger charge is 2.39. The summed E-state index contributed by atoms with van der Waals surface area (Å²) in [5, 5.41) is 30.8. The summed E-state index contributed by atoms with van der Waals surface area (Å²) in [5.74, 6) is -0.828. The molecule has 3 aromatic heterocycles. The largest absolute Gasteiger partial charge is 0.496 e. The molecule has 0 aliphatic heterocycles. The molecule has 4 rings (SSSR count). The number of carbonyl (C=O) groups excluding carboxylic acids is 1. The topological polar surface area (TPSA) is 141 Å². The fourth-order valence-corrected chi connectivity index (χ4v) is 6.22. The van der Waals surface area contributed by atoms with E-state index < -0.39 is 41.4 Å². The number of ether oxygens (including phenoxy) is 1. The van der Waals surface area contributed by atoms with Crippen molar-refractivity contribution in [3.63, 3.8) is 0 Å². The van der Waals surface area contributed by atoms with E-state index in [1.54, 1.807) is 6.92 Å². The highest BCUT2D eigenvalue weighted by Crippen LogP contribution is 2.37. The second-order valence-corrected chi connectivity index (χ2v) is 11.9. The number of nitrogens with zero attached hydrogens (tertiary/aromatic N) is 5. The smallest absolute Gasteiger partial charge is 0.333 e. The van der Waals surface area contributed by atoms with Crippen LogP contribution in [-0.2, 0) is 22.5 Å². The Morgan fingerprint density at radius 2 is 1.85 bits per heavy atom. The van der Waals surface area contributed by atoms with E-state index in [1.165, 1.54) is 54.8 Å². The lowest BCUT2D eigenvalue weighted by Gasteiger charge is -2.32. The molecule has 1 atom stereocenters. The van der Waals surface area contributed by atoms with Gasteiger partial charge in [-0.2, -0.15) is 10.2 Å². The summed E-state index contributed by atoms with van der Waals surface area (Å²) in [6.45, 7) is 7.48. The molecule has 41 heavy (non-hydrogen) atoms. The summed E-state index contributed by atoms with van der Waals surface area (Å²) in [6, 6.07) is 3.60. The first-order chi connectivity index (χ1) is 19.3. The summed E-state index contributed by atoms with van der Waals surface area (Å²) in [7, 11) is 1.36. The van der Waals surface area contributed by atoms with E-state index in [2.05, 4.69) is 10.2 Å². The molecule has 1 unspecified atom stereocenters. The molecule has 1 aromatic carbocycles. The van der Waals surface area contributed by atoms with Crippen LogP contribution in [0.25, 0.3) is 15.2 Å². The van der Waals surface area contributed by atoms with E-state index in [0.717, 1.165) is 22.0 Å². The van der Waals surface area contributed by atoms with Crippen molar-refractivity contribution in [3.8, 4) is 10.8 Å². The Labute approximate surface area is 239 Å². The van der Waals surface area contributed by atoms with Crippen molar-refractivity contribution in [1.82, 2.24) is 24.1 Å². The van der Waals surface area contributed by atoms with Gasteiger partial charge in [-0.05, 0) is 44.9 Å². The first-order valence-electron chi connectivity index (χ1n) is 13.1. The number of rotatable bonds is 11. The number of aliphatic hydroxyl groups excluding tert-OH is 1. The average Bonchev–Trinajstić information content (AvgIpc) is 3.54. The molecule has 0 bridgehead atoms. The molecule has 4 aromatic rings. The van der Waals surface area contributed by atoms with Crippen LogP contribution in [0.3, 0.4) is 0 Å². The van der Waals surface area contributed by atoms with Crippen LogP contribution in [0.2, 0.25) is 0 Å². The normalized spacial score (nSPS) is 13.6. The molecule has 0 saturated heterocycles. The number of aryl methyl sites for hydroxylation is 1. The molecular weight excluding hydrogens is 553 g/mol. The molecule has 0 fully saturated rings. The average molecular weight is 588 g/mol. The molecule has 0 saturated carbocycles. The number of hydrogen-bond donors (Lipinski definition) is 2. The highest BCUT2D eigenvalue weighted by molar-refractivity contribution is 7.21. The number of methoxy groups -OCH3 is 1. The van der Waals surface area contributed by atoms with Crippen LogP contribution >= 0.6 is 11.3 Å². The zero-order valence-corrected chi connectivity index (χ0v) is 24.7. The molecule has 0 aliphatic rings. The zero-order chi connectivity index (χ0) is 30.3. The van der Waals surface area contributed by atoms with Gasteiger partial charge in [0.15, 0.2) is 5.78 Å². The van der Waals surface area contributed by atoms with Crippen molar-refractivity contribution in [2.45, 2.75) is 65.1 Å². The van der Waals surface area contributed by atoms with Crippen LogP contribution in [0, 0.1) is 18.7 Å². The number of benzene rings is 1. The van der Waals surface area contributed by atoms with E-state index in [-0.39, 0.29) is 46.1 Å². The van der Waals surface area contributed by atoms with Crippen molar-refractivity contribution in [2.24, 2.45) is 5.92 Å². The quantitative estimate of drug-likeness (QED) is 0.273. The summed E-state index contributed by atoms with van der Waals surface area (Å²) in [4.78, 5) is 43.2. The third-order valence-corrected chi connectivity index (χ3v) is 8.51. The number of hydrogen-bond acceptors (Lipinski definition) is 9. The second kappa shape index (κ2) is 11.3. The van der Waals surface area contributed by atoms with Gasteiger partial charge in [-0.1, -0.05) is 25.2 Å². The van der Waals surface area contributed by atoms with E-state index in [0.29, 0.717) is 10.6 Å². The second-order valence-electron chi connectivity index (χ2n) is 11.0. The monoisotopic (exact) mass is 587 g/mol. The Morgan fingerprint density at radius 1 is 1.20 bits per heavy atom. The van der Waals surface area contributed by atoms with Gasteiger partial charge in [-0.25, -0.2) is 13.8 Å². The van der Waals surface area contributed by atoms with Gasteiger partial charge in [-0.15, -0.1) is 4.80 Å². The van der Waals surface area contributed by atoms with Gasteiger partial charge in [0.25, 0.3) is 5.56 Å². The first kappa shape index (κ1) is 30.3. The van der Waals surface area contributed by atoms with Crippen LogP contribution in [0.1, 0.15) is 51.7 Å². The molecule has 11 nitrogen and oxygen atoms in total. The molecule has 13 heteroatoms. The summed E-state index contributed by atoms with van der Waals surface area (Å²) >= 11 is 1.07. The van der Waals surface area contributed by atoms with Crippen LogP contribution in [0.4, 0.5) is 4.39 Å². The van der Waals surface area contributed by atoms with Crippen molar-refractivity contribution < 1.29 is 24.1 Å². The Morgan fingerprint density at radius 3 is 2.44 bits per heavy atom. The van der Waals surface area contributed by atoms with Gasteiger partial charge in [0.2, 0.25) is 0 Å². The van der Waals surface area contributed by atoms with Crippen molar-refractivity contribution in [3.05, 3.63) is 68.4 Å². The van der Waals surface area contributed by atoms with Crippen LogP contribution in [-0.4, -0.2) is 53.8 Å². The van der Waals surface area contributed by atoms with Crippen molar-refractivity contribution in [2.75, 3.05) is 13.7 Å². The van der Waals surface area contributed by atoms with E-state index in [4.69, 9.17) is 4.74 Å². The summed E-state index contributed by atoms with van der Waals surface area (Å²) in [5.41, 5.74) is -4.53. The maximum atomic E-state index is 14.4. The van der Waals surface area contributed by atoms with Crippen molar-refractivity contribution in [1.29, 1.82) is 0 Å². The molecule has 3 heterocycles. The minimum atomic E-state index is -2.00. The summed E-state index contributed by atoms with van der Waals surface area (Å²) < 4.78 is 21.9. The minimum absolute atomic E-state index is 0.0149. The first-order valence-corrected chi connectivity index (χ1v) is 13.9. The van der Waals surface area contributed by atoms with Gasteiger partial charge in [0.05, 0.1) is 31.4 Å². The molecule has 2 N–H and O–H groups in total. The standard InChI is InChI=1S/C28H34FN5O6S/c1-16(2)13-21(36)27(4,5)33-23(37)22-17(3)24(34-30-10-11-31-34)41-25(22)32(26(33)38)15-28(39,9-12-35)19-14-18(29)7-8-20(19)40-6/h7-8,10-11,14,16,35,39H,9,12-13,15H2,1-6H3. The van der Waals surface area contributed by atoms with Gasteiger partial charge in [0, 0.05) is 30.6 Å². The lowest BCUT2D eigenvalue weighted by atomic mass is 9.89. The van der Waals surface area contributed by atoms with E-state index >= 15 is 0 Å². The third-order valence-electron chi connectivity index (χ3n) is 7.23. The molecule has 0 spiro atoms. The van der Waals surface area contributed by atoms with Crippen LogP contribution in [0.5, 0.6) is 5.75 Å². The molecule has 0 aliphatic carbocycles.